The lowest BCUT2D eigenvalue weighted by Gasteiger charge is -2.25. The molecule has 6 heteroatoms. The van der Waals surface area contributed by atoms with Gasteiger partial charge in [0.15, 0.2) is 5.82 Å². The summed E-state index contributed by atoms with van der Waals surface area (Å²) < 4.78 is 1.63. The lowest BCUT2D eigenvalue weighted by atomic mass is 10.2. The monoisotopic (exact) mass is 266 g/mol. The second-order valence-corrected chi connectivity index (χ2v) is 4.80. The van der Waals surface area contributed by atoms with Crippen molar-refractivity contribution in [2.75, 3.05) is 31.1 Å². The third-order valence-electron chi connectivity index (χ3n) is 3.51. The Labute approximate surface area is 113 Å². The maximum atomic E-state index is 12.2. The summed E-state index contributed by atoms with van der Waals surface area (Å²) in [5.41, 5.74) is -0.0866. The Morgan fingerprint density at radius 2 is 2.47 bits per heavy atom. The SMILES string of the molecule is CCn1ccnc(N(CCO)CC2CCCN2)c1=O. The molecule has 1 unspecified atom stereocenters. The van der Waals surface area contributed by atoms with Crippen LogP contribution in [0.4, 0.5) is 5.82 Å². The molecule has 0 bridgehead atoms. The lowest BCUT2D eigenvalue weighted by Crippen LogP contribution is -2.42. The molecule has 1 aliphatic rings. The summed E-state index contributed by atoms with van der Waals surface area (Å²) in [6.07, 6.45) is 5.61. The number of aromatic nitrogens is 2. The zero-order valence-corrected chi connectivity index (χ0v) is 11.4. The van der Waals surface area contributed by atoms with E-state index in [1.165, 1.54) is 6.42 Å². The van der Waals surface area contributed by atoms with Crippen LogP contribution in [-0.2, 0) is 6.54 Å². The lowest BCUT2D eigenvalue weighted by molar-refractivity contribution is 0.300. The Morgan fingerprint density at radius 3 is 3.11 bits per heavy atom. The van der Waals surface area contributed by atoms with Gasteiger partial charge in [0.25, 0.3) is 5.56 Å². The molecule has 1 atom stereocenters. The minimum absolute atomic E-state index is 0.0227. The Bertz CT molecular complexity index is 454. The predicted octanol–water partition coefficient (Wildman–Crippen LogP) is -0.186. The molecule has 1 aromatic rings. The van der Waals surface area contributed by atoms with Gasteiger partial charge in [-0.2, -0.15) is 0 Å². The smallest absolute Gasteiger partial charge is 0.293 e. The van der Waals surface area contributed by atoms with Crippen molar-refractivity contribution in [3.63, 3.8) is 0 Å². The molecule has 19 heavy (non-hydrogen) atoms. The molecule has 2 heterocycles. The highest BCUT2D eigenvalue weighted by Crippen LogP contribution is 2.10. The standard InChI is InChI=1S/C13H22N4O2/c1-2-16-7-6-15-12(13(16)19)17(8-9-18)10-11-4-3-5-14-11/h6-7,11,14,18H,2-5,8-10H2,1H3. The molecule has 2 N–H and O–H groups in total. The first-order valence-electron chi connectivity index (χ1n) is 6.91. The van der Waals surface area contributed by atoms with Crippen molar-refractivity contribution >= 4 is 5.82 Å². The highest BCUT2D eigenvalue weighted by molar-refractivity contribution is 5.36. The molecule has 106 valence electrons. The molecule has 2 rings (SSSR count). The largest absolute Gasteiger partial charge is 0.395 e. The van der Waals surface area contributed by atoms with Crippen LogP contribution in [0.5, 0.6) is 0 Å². The molecular weight excluding hydrogens is 244 g/mol. The summed E-state index contributed by atoms with van der Waals surface area (Å²) in [6, 6.07) is 0.378. The minimum Gasteiger partial charge on any atom is -0.395 e. The maximum absolute atomic E-state index is 12.2. The van der Waals surface area contributed by atoms with Gasteiger partial charge in [-0.05, 0) is 26.3 Å². The van der Waals surface area contributed by atoms with E-state index < -0.39 is 0 Å². The number of nitrogens with one attached hydrogen (secondary N) is 1. The number of aliphatic hydroxyl groups is 1. The van der Waals surface area contributed by atoms with E-state index >= 15 is 0 Å². The summed E-state index contributed by atoms with van der Waals surface area (Å²) in [7, 11) is 0. The molecule has 0 radical (unpaired) electrons. The van der Waals surface area contributed by atoms with E-state index in [0.717, 1.165) is 19.5 Å². The molecular formula is C13H22N4O2. The second kappa shape index (κ2) is 6.68. The van der Waals surface area contributed by atoms with Crippen molar-refractivity contribution in [3.05, 3.63) is 22.7 Å². The molecule has 0 amide bonds. The molecule has 6 nitrogen and oxygen atoms in total. The molecule has 1 aliphatic heterocycles. The average Bonchev–Trinajstić information content (AvgIpc) is 2.91. The summed E-state index contributed by atoms with van der Waals surface area (Å²) >= 11 is 0. The van der Waals surface area contributed by atoms with Crippen molar-refractivity contribution in [1.82, 2.24) is 14.9 Å². The van der Waals surface area contributed by atoms with Gasteiger partial charge >= 0.3 is 0 Å². The molecule has 1 fully saturated rings. The van der Waals surface area contributed by atoms with Gasteiger partial charge in [-0.25, -0.2) is 4.98 Å². The van der Waals surface area contributed by atoms with E-state index in [-0.39, 0.29) is 12.2 Å². The van der Waals surface area contributed by atoms with Crippen LogP contribution in [0.3, 0.4) is 0 Å². The highest BCUT2D eigenvalue weighted by atomic mass is 16.3. The maximum Gasteiger partial charge on any atom is 0.293 e. The van der Waals surface area contributed by atoms with Crippen LogP contribution in [-0.4, -0.2) is 46.9 Å². The third-order valence-corrected chi connectivity index (χ3v) is 3.51. The van der Waals surface area contributed by atoms with E-state index in [9.17, 15) is 9.90 Å². The second-order valence-electron chi connectivity index (χ2n) is 4.80. The fourth-order valence-corrected chi connectivity index (χ4v) is 2.48. The summed E-state index contributed by atoms with van der Waals surface area (Å²) in [5, 5.41) is 12.6. The molecule has 0 aromatic carbocycles. The van der Waals surface area contributed by atoms with Gasteiger partial charge in [-0.1, -0.05) is 0 Å². The van der Waals surface area contributed by atoms with Gasteiger partial charge in [0, 0.05) is 38.1 Å². The number of hydrogen-bond acceptors (Lipinski definition) is 5. The molecule has 0 aliphatic carbocycles. The van der Waals surface area contributed by atoms with E-state index in [0.29, 0.717) is 24.9 Å². The topological polar surface area (TPSA) is 70.4 Å². The number of nitrogens with zero attached hydrogens (tertiary/aromatic N) is 3. The van der Waals surface area contributed by atoms with Crippen molar-refractivity contribution in [2.24, 2.45) is 0 Å². The summed E-state index contributed by atoms with van der Waals surface area (Å²) in [6.45, 7) is 4.77. The summed E-state index contributed by atoms with van der Waals surface area (Å²) in [4.78, 5) is 18.3. The van der Waals surface area contributed by atoms with E-state index in [2.05, 4.69) is 10.3 Å². The number of aliphatic hydroxyl groups excluding tert-OH is 1. The average molecular weight is 266 g/mol. The first kappa shape index (κ1) is 14.0. The Kier molecular flexibility index (Phi) is 4.93. The van der Waals surface area contributed by atoms with Gasteiger partial charge in [-0.3, -0.25) is 4.79 Å². The van der Waals surface area contributed by atoms with Crippen LogP contribution in [0, 0.1) is 0 Å². The van der Waals surface area contributed by atoms with Crippen molar-refractivity contribution in [1.29, 1.82) is 0 Å². The van der Waals surface area contributed by atoms with Crippen LogP contribution in [0.15, 0.2) is 17.2 Å². The normalized spacial score (nSPS) is 18.7. The van der Waals surface area contributed by atoms with Crippen LogP contribution >= 0.6 is 0 Å². The minimum atomic E-state index is -0.0866. The van der Waals surface area contributed by atoms with Crippen molar-refractivity contribution < 1.29 is 5.11 Å². The molecule has 0 saturated carbocycles. The number of hydrogen-bond donors (Lipinski definition) is 2. The van der Waals surface area contributed by atoms with E-state index in [1.54, 1.807) is 17.0 Å². The third kappa shape index (κ3) is 3.33. The fourth-order valence-electron chi connectivity index (χ4n) is 2.48. The predicted molar refractivity (Wildman–Crippen MR) is 74.5 cm³/mol. The van der Waals surface area contributed by atoms with Crippen LogP contribution in [0.2, 0.25) is 0 Å². The van der Waals surface area contributed by atoms with E-state index in [1.807, 2.05) is 11.8 Å². The Hall–Kier alpha value is -1.40. The Balaban J connectivity index is 2.20. The van der Waals surface area contributed by atoms with Gasteiger partial charge in [0.1, 0.15) is 0 Å². The van der Waals surface area contributed by atoms with Crippen molar-refractivity contribution in [3.8, 4) is 0 Å². The van der Waals surface area contributed by atoms with Gasteiger partial charge < -0.3 is 19.9 Å². The highest BCUT2D eigenvalue weighted by Gasteiger charge is 2.20. The van der Waals surface area contributed by atoms with Crippen LogP contribution < -0.4 is 15.8 Å². The number of anilines is 1. The number of rotatable bonds is 6. The quantitative estimate of drug-likeness (QED) is 0.747. The zero-order chi connectivity index (χ0) is 13.7. The number of aryl methyl sites for hydroxylation is 1. The molecule has 1 aromatic heterocycles. The first-order valence-corrected chi connectivity index (χ1v) is 6.91. The Morgan fingerprint density at radius 1 is 1.63 bits per heavy atom. The first-order chi connectivity index (χ1) is 9.26. The zero-order valence-electron chi connectivity index (χ0n) is 11.4. The fraction of sp³-hybridized carbons (Fsp3) is 0.692. The van der Waals surface area contributed by atoms with Crippen molar-refractivity contribution in [2.45, 2.75) is 32.4 Å². The van der Waals surface area contributed by atoms with Crippen LogP contribution in [0.25, 0.3) is 0 Å². The van der Waals surface area contributed by atoms with Gasteiger partial charge in [0.2, 0.25) is 0 Å². The van der Waals surface area contributed by atoms with Crippen LogP contribution in [0.1, 0.15) is 19.8 Å². The molecule has 0 spiro atoms. The molecule has 1 saturated heterocycles. The summed E-state index contributed by atoms with van der Waals surface area (Å²) in [5.74, 6) is 0.437. The van der Waals surface area contributed by atoms with E-state index in [4.69, 9.17) is 0 Å². The van der Waals surface area contributed by atoms with Gasteiger partial charge in [-0.15, -0.1) is 0 Å². The van der Waals surface area contributed by atoms with Gasteiger partial charge in [0.05, 0.1) is 6.61 Å².